The summed E-state index contributed by atoms with van der Waals surface area (Å²) in [6.45, 7) is 3.25. The van der Waals surface area contributed by atoms with Crippen LogP contribution in [0.2, 0.25) is 0 Å². The molecule has 5 rings (SSSR count). The Morgan fingerprint density at radius 3 is 2.52 bits per heavy atom. The second-order valence-corrected chi connectivity index (χ2v) is 9.25. The first-order chi connectivity index (χ1) is 16.2. The minimum absolute atomic E-state index is 0.145. The molecule has 1 saturated carbocycles. The van der Waals surface area contributed by atoms with E-state index in [1.807, 2.05) is 41.3 Å². The smallest absolute Gasteiger partial charge is 0.227 e. The summed E-state index contributed by atoms with van der Waals surface area (Å²) in [6, 6.07) is 24.6. The molecule has 0 bridgehead atoms. The van der Waals surface area contributed by atoms with Gasteiger partial charge in [-0.1, -0.05) is 48.5 Å². The molecule has 0 aromatic heterocycles. The first kappa shape index (κ1) is 21.6. The van der Waals surface area contributed by atoms with Crippen molar-refractivity contribution in [2.45, 2.75) is 57.7 Å². The van der Waals surface area contributed by atoms with Gasteiger partial charge in [-0.25, -0.2) is 0 Å². The molecule has 170 valence electrons. The average Bonchev–Trinajstić information content (AvgIpc) is 3.48. The number of amides is 1. The van der Waals surface area contributed by atoms with Crippen LogP contribution in [0.3, 0.4) is 0 Å². The molecular weight excluding hydrogens is 410 g/mol. The van der Waals surface area contributed by atoms with E-state index in [-0.39, 0.29) is 17.9 Å². The maximum atomic E-state index is 12.8. The topological polar surface area (TPSA) is 38.8 Å². The fraction of sp³-hybridized carbons (Fsp3) is 0.345. The normalized spacial score (nSPS) is 18.6. The van der Waals surface area contributed by atoms with Crippen molar-refractivity contribution in [2.75, 3.05) is 11.4 Å². The molecule has 1 aliphatic carbocycles. The molecule has 4 nitrogen and oxygen atoms in total. The molecule has 0 unspecified atom stereocenters. The standard InChI is InChI=1S/C29H31NO3/c1-21-8-7-11-25(16-21)30-19-24(18-29(30)31)23-14-15-27(32-20-22-9-3-2-4-10-22)28(17-23)33-26-12-5-6-13-26/h2-4,7-11,14-17,24,26H,5-6,12-13,18-20H2,1H3/t24-/m1/s1. The van der Waals surface area contributed by atoms with Gasteiger partial charge >= 0.3 is 0 Å². The van der Waals surface area contributed by atoms with Gasteiger partial charge in [-0.3, -0.25) is 4.79 Å². The Bertz CT molecular complexity index is 1100. The number of ether oxygens (including phenoxy) is 2. The van der Waals surface area contributed by atoms with Crippen LogP contribution in [0.4, 0.5) is 5.69 Å². The summed E-state index contributed by atoms with van der Waals surface area (Å²) in [5.74, 6) is 1.89. The summed E-state index contributed by atoms with van der Waals surface area (Å²) in [4.78, 5) is 14.7. The first-order valence-electron chi connectivity index (χ1n) is 12.0. The molecule has 3 aromatic rings. The van der Waals surface area contributed by atoms with E-state index >= 15 is 0 Å². The maximum absolute atomic E-state index is 12.8. The van der Waals surface area contributed by atoms with E-state index in [2.05, 4.69) is 43.3 Å². The number of carbonyl (C=O) groups is 1. The Morgan fingerprint density at radius 1 is 0.909 bits per heavy atom. The predicted octanol–water partition coefficient (Wildman–Crippen LogP) is 6.42. The Labute approximate surface area is 196 Å². The van der Waals surface area contributed by atoms with Crippen molar-refractivity contribution in [2.24, 2.45) is 0 Å². The third-order valence-corrected chi connectivity index (χ3v) is 6.71. The van der Waals surface area contributed by atoms with Gasteiger partial charge in [0.15, 0.2) is 11.5 Å². The third-order valence-electron chi connectivity index (χ3n) is 6.71. The van der Waals surface area contributed by atoms with Crippen LogP contribution in [0.15, 0.2) is 72.8 Å². The van der Waals surface area contributed by atoms with Crippen molar-refractivity contribution in [1.29, 1.82) is 0 Å². The molecule has 1 amide bonds. The van der Waals surface area contributed by atoms with Crippen molar-refractivity contribution >= 4 is 11.6 Å². The molecule has 1 atom stereocenters. The Balaban J connectivity index is 1.36. The number of rotatable bonds is 7. The molecule has 1 heterocycles. The molecule has 1 saturated heterocycles. The van der Waals surface area contributed by atoms with Gasteiger partial charge in [0.2, 0.25) is 5.91 Å². The highest BCUT2D eigenvalue weighted by atomic mass is 16.5. The fourth-order valence-electron chi connectivity index (χ4n) is 4.89. The van der Waals surface area contributed by atoms with Crippen molar-refractivity contribution < 1.29 is 14.3 Å². The zero-order chi connectivity index (χ0) is 22.6. The molecule has 1 aliphatic heterocycles. The van der Waals surface area contributed by atoms with Crippen molar-refractivity contribution in [3.05, 3.63) is 89.5 Å². The Morgan fingerprint density at radius 2 is 1.73 bits per heavy atom. The molecule has 2 aliphatic rings. The van der Waals surface area contributed by atoms with E-state index < -0.39 is 0 Å². The molecule has 0 spiro atoms. The molecule has 33 heavy (non-hydrogen) atoms. The lowest BCUT2D eigenvalue weighted by molar-refractivity contribution is -0.117. The summed E-state index contributed by atoms with van der Waals surface area (Å²) in [6.07, 6.45) is 5.37. The van der Waals surface area contributed by atoms with E-state index in [9.17, 15) is 4.79 Å². The van der Waals surface area contributed by atoms with E-state index in [1.54, 1.807) is 0 Å². The zero-order valence-corrected chi connectivity index (χ0v) is 19.2. The average molecular weight is 442 g/mol. The monoisotopic (exact) mass is 441 g/mol. The van der Waals surface area contributed by atoms with Crippen molar-refractivity contribution in [3.8, 4) is 11.5 Å². The SMILES string of the molecule is Cc1cccc(N2C[C@H](c3ccc(OCc4ccccc4)c(OC4CCCC4)c3)CC2=O)c1. The maximum Gasteiger partial charge on any atom is 0.227 e. The molecule has 2 fully saturated rings. The summed E-state index contributed by atoms with van der Waals surface area (Å²) in [5, 5.41) is 0. The summed E-state index contributed by atoms with van der Waals surface area (Å²) >= 11 is 0. The molecule has 0 radical (unpaired) electrons. The summed E-state index contributed by atoms with van der Waals surface area (Å²) < 4.78 is 12.6. The highest BCUT2D eigenvalue weighted by Gasteiger charge is 2.32. The largest absolute Gasteiger partial charge is 0.487 e. The van der Waals surface area contributed by atoms with Crippen molar-refractivity contribution in [3.63, 3.8) is 0 Å². The molecule has 4 heteroatoms. The van der Waals surface area contributed by atoms with Crippen molar-refractivity contribution in [1.82, 2.24) is 0 Å². The second kappa shape index (κ2) is 9.70. The molecule has 0 N–H and O–H groups in total. The quantitative estimate of drug-likeness (QED) is 0.425. The third kappa shape index (κ3) is 5.05. The van der Waals surface area contributed by atoms with Gasteiger partial charge in [0, 0.05) is 24.6 Å². The lowest BCUT2D eigenvalue weighted by Gasteiger charge is -2.20. The van der Waals surface area contributed by atoms with Gasteiger partial charge in [0.05, 0.1) is 6.10 Å². The van der Waals surface area contributed by atoms with E-state index in [0.29, 0.717) is 19.6 Å². The van der Waals surface area contributed by atoms with Gasteiger partial charge in [-0.15, -0.1) is 0 Å². The van der Waals surface area contributed by atoms with E-state index in [4.69, 9.17) is 9.47 Å². The predicted molar refractivity (Wildman–Crippen MR) is 131 cm³/mol. The first-order valence-corrected chi connectivity index (χ1v) is 12.0. The number of benzene rings is 3. The van der Waals surface area contributed by atoms with Gasteiger partial charge < -0.3 is 14.4 Å². The lowest BCUT2D eigenvalue weighted by atomic mass is 9.98. The van der Waals surface area contributed by atoms with Crippen LogP contribution in [0.5, 0.6) is 11.5 Å². The summed E-state index contributed by atoms with van der Waals surface area (Å²) in [7, 11) is 0. The minimum atomic E-state index is 0.145. The number of nitrogens with zero attached hydrogens (tertiary/aromatic N) is 1. The zero-order valence-electron chi connectivity index (χ0n) is 19.2. The highest BCUT2D eigenvalue weighted by molar-refractivity contribution is 5.96. The van der Waals surface area contributed by atoms with Gasteiger partial charge in [0.1, 0.15) is 6.61 Å². The number of carbonyl (C=O) groups excluding carboxylic acids is 1. The fourth-order valence-corrected chi connectivity index (χ4v) is 4.89. The van der Waals surface area contributed by atoms with Crippen LogP contribution in [-0.4, -0.2) is 18.6 Å². The number of anilines is 1. The van der Waals surface area contributed by atoms with Crippen LogP contribution < -0.4 is 14.4 Å². The van der Waals surface area contributed by atoms with Crippen LogP contribution in [0.1, 0.15) is 54.7 Å². The number of hydrogen-bond donors (Lipinski definition) is 0. The van der Waals surface area contributed by atoms with Crippen LogP contribution in [-0.2, 0) is 11.4 Å². The van der Waals surface area contributed by atoms with Gasteiger partial charge in [0.25, 0.3) is 0 Å². The minimum Gasteiger partial charge on any atom is -0.487 e. The van der Waals surface area contributed by atoms with E-state index in [1.165, 1.54) is 12.8 Å². The molecular formula is C29H31NO3. The van der Waals surface area contributed by atoms with Crippen LogP contribution in [0, 0.1) is 6.92 Å². The van der Waals surface area contributed by atoms with Crippen LogP contribution >= 0.6 is 0 Å². The number of hydrogen-bond acceptors (Lipinski definition) is 3. The number of aryl methyl sites for hydroxylation is 1. The second-order valence-electron chi connectivity index (χ2n) is 9.25. The van der Waals surface area contributed by atoms with Gasteiger partial charge in [-0.2, -0.15) is 0 Å². The van der Waals surface area contributed by atoms with E-state index in [0.717, 1.165) is 46.7 Å². The molecule has 3 aromatic carbocycles. The Kier molecular flexibility index (Phi) is 6.34. The Hall–Kier alpha value is -3.27. The van der Waals surface area contributed by atoms with Crippen LogP contribution in [0.25, 0.3) is 0 Å². The lowest BCUT2D eigenvalue weighted by Crippen LogP contribution is -2.24. The summed E-state index contributed by atoms with van der Waals surface area (Å²) in [5.41, 5.74) is 4.41. The van der Waals surface area contributed by atoms with Gasteiger partial charge in [-0.05, 0) is 73.6 Å². The highest BCUT2D eigenvalue weighted by Crippen LogP contribution is 2.38.